The number of non-ortho nitro benzene ring substituents is 1. The van der Waals surface area contributed by atoms with E-state index in [0.29, 0.717) is 11.3 Å². The Balaban J connectivity index is 1.95. The summed E-state index contributed by atoms with van der Waals surface area (Å²) in [5.74, 6) is -0.421. The lowest BCUT2D eigenvalue weighted by molar-refractivity contribution is -0.384. The summed E-state index contributed by atoms with van der Waals surface area (Å²) in [5.41, 5.74) is 3.22. The van der Waals surface area contributed by atoms with Gasteiger partial charge in [-0.2, -0.15) is 10.2 Å². The zero-order valence-corrected chi connectivity index (χ0v) is 9.61. The SMILES string of the molecule is O=C(NN=Cc1ccc([N+](=O)[O-])cc1)c1ccn[nH]1. The topological polar surface area (TPSA) is 113 Å². The summed E-state index contributed by atoms with van der Waals surface area (Å²) in [7, 11) is 0. The van der Waals surface area contributed by atoms with E-state index in [9.17, 15) is 14.9 Å². The number of aromatic amines is 1. The molecular weight excluding hydrogens is 250 g/mol. The number of hydrogen-bond acceptors (Lipinski definition) is 5. The average Bonchev–Trinajstić information content (AvgIpc) is 2.93. The van der Waals surface area contributed by atoms with Crippen LogP contribution < -0.4 is 5.43 Å². The summed E-state index contributed by atoms with van der Waals surface area (Å²) in [5, 5.41) is 20.3. The largest absolute Gasteiger partial charge is 0.289 e. The number of nitrogens with one attached hydrogen (secondary N) is 2. The minimum absolute atomic E-state index is 0.00125. The third kappa shape index (κ3) is 3.22. The van der Waals surface area contributed by atoms with Crippen LogP contribution in [0.4, 0.5) is 5.69 Å². The third-order valence-corrected chi connectivity index (χ3v) is 2.23. The Morgan fingerprint density at radius 2 is 2.11 bits per heavy atom. The normalized spacial score (nSPS) is 10.5. The van der Waals surface area contributed by atoms with Gasteiger partial charge in [0, 0.05) is 18.3 Å². The monoisotopic (exact) mass is 259 g/mol. The molecule has 2 N–H and O–H groups in total. The molecule has 0 bridgehead atoms. The molecule has 19 heavy (non-hydrogen) atoms. The van der Waals surface area contributed by atoms with Gasteiger partial charge in [0.1, 0.15) is 5.69 Å². The van der Waals surface area contributed by atoms with Gasteiger partial charge in [-0.15, -0.1) is 0 Å². The Morgan fingerprint density at radius 1 is 1.37 bits per heavy atom. The number of hydrogen-bond donors (Lipinski definition) is 2. The Bertz CT molecular complexity index is 604. The standard InChI is InChI=1S/C11H9N5O3/c17-11(10-5-6-12-14-10)15-13-7-8-1-3-9(4-2-8)16(18)19/h1-7H,(H,12,14)(H,15,17). The Hall–Kier alpha value is -3.03. The number of carbonyl (C=O) groups excluding carboxylic acids is 1. The van der Waals surface area contributed by atoms with Crippen LogP contribution in [0.2, 0.25) is 0 Å². The van der Waals surface area contributed by atoms with Gasteiger partial charge >= 0.3 is 0 Å². The van der Waals surface area contributed by atoms with Crippen LogP contribution in [0.15, 0.2) is 41.6 Å². The molecule has 8 heteroatoms. The number of benzene rings is 1. The summed E-state index contributed by atoms with van der Waals surface area (Å²) >= 11 is 0. The number of hydrazone groups is 1. The van der Waals surface area contributed by atoms with E-state index in [0.717, 1.165) is 0 Å². The molecule has 2 rings (SSSR count). The predicted octanol–water partition coefficient (Wildman–Crippen LogP) is 1.08. The van der Waals surface area contributed by atoms with Crippen molar-refractivity contribution in [2.45, 2.75) is 0 Å². The molecule has 1 amide bonds. The maximum absolute atomic E-state index is 11.5. The highest BCUT2D eigenvalue weighted by atomic mass is 16.6. The Kier molecular flexibility index (Phi) is 3.62. The number of carbonyl (C=O) groups is 1. The number of nitro benzene ring substituents is 1. The van der Waals surface area contributed by atoms with Crippen LogP contribution in [0.3, 0.4) is 0 Å². The molecule has 1 aromatic heterocycles. The van der Waals surface area contributed by atoms with Crippen LogP contribution in [0, 0.1) is 10.1 Å². The molecule has 0 fully saturated rings. The van der Waals surface area contributed by atoms with Crippen molar-refractivity contribution < 1.29 is 9.72 Å². The van der Waals surface area contributed by atoms with Gasteiger partial charge in [-0.3, -0.25) is 20.0 Å². The van der Waals surface area contributed by atoms with Crippen LogP contribution in [-0.4, -0.2) is 27.2 Å². The van der Waals surface area contributed by atoms with Crippen molar-refractivity contribution in [3.05, 3.63) is 57.9 Å². The van der Waals surface area contributed by atoms with Crippen molar-refractivity contribution in [3.63, 3.8) is 0 Å². The molecule has 96 valence electrons. The van der Waals surface area contributed by atoms with Crippen molar-refractivity contribution in [2.75, 3.05) is 0 Å². The van der Waals surface area contributed by atoms with Crippen LogP contribution in [-0.2, 0) is 0 Å². The minimum Gasteiger partial charge on any atom is -0.273 e. The maximum Gasteiger partial charge on any atom is 0.289 e. The Morgan fingerprint density at radius 3 is 2.68 bits per heavy atom. The highest BCUT2D eigenvalue weighted by molar-refractivity contribution is 5.92. The molecule has 1 aromatic carbocycles. The number of nitro groups is 1. The van der Waals surface area contributed by atoms with E-state index in [1.807, 2.05) is 0 Å². The second kappa shape index (κ2) is 5.54. The van der Waals surface area contributed by atoms with Gasteiger partial charge in [-0.05, 0) is 23.8 Å². The number of rotatable bonds is 4. The first-order valence-corrected chi connectivity index (χ1v) is 5.24. The number of aromatic nitrogens is 2. The van der Waals surface area contributed by atoms with Gasteiger partial charge in [-0.25, -0.2) is 5.43 Å². The fraction of sp³-hybridized carbons (Fsp3) is 0. The zero-order chi connectivity index (χ0) is 13.7. The fourth-order valence-electron chi connectivity index (χ4n) is 1.29. The highest BCUT2D eigenvalue weighted by Gasteiger charge is 2.04. The van der Waals surface area contributed by atoms with E-state index >= 15 is 0 Å². The second-order valence-electron chi connectivity index (χ2n) is 3.52. The molecule has 8 nitrogen and oxygen atoms in total. The van der Waals surface area contributed by atoms with E-state index in [1.165, 1.54) is 42.7 Å². The smallest absolute Gasteiger partial charge is 0.273 e. The van der Waals surface area contributed by atoms with Gasteiger partial charge in [0.2, 0.25) is 0 Å². The minimum atomic E-state index is -0.485. The first kappa shape index (κ1) is 12.4. The maximum atomic E-state index is 11.5. The summed E-state index contributed by atoms with van der Waals surface area (Å²) in [6, 6.07) is 7.29. The van der Waals surface area contributed by atoms with E-state index in [2.05, 4.69) is 20.7 Å². The van der Waals surface area contributed by atoms with E-state index in [4.69, 9.17) is 0 Å². The molecule has 2 aromatic rings. The average molecular weight is 259 g/mol. The van der Waals surface area contributed by atoms with E-state index in [1.54, 1.807) is 0 Å². The molecule has 0 unspecified atom stereocenters. The molecule has 0 spiro atoms. The van der Waals surface area contributed by atoms with Crippen LogP contribution in [0.1, 0.15) is 16.1 Å². The summed E-state index contributed by atoms with van der Waals surface area (Å²) in [6.07, 6.45) is 2.84. The Labute approximate surface area is 107 Å². The third-order valence-electron chi connectivity index (χ3n) is 2.23. The van der Waals surface area contributed by atoms with Crippen molar-refractivity contribution in [1.29, 1.82) is 0 Å². The second-order valence-corrected chi connectivity index (χ2v) is 3.52. The van der Waals surface area contributed by atoms with Gasteiger partial charge in [0.25, 0.3) is 11.6 Å². The highest BCUT2D eigenvalue weighted by Crippen LogP contribution is 2.10. The van der Waals surface area contributed by atoms with E-state index < -0.39 is 10.8 Å². The molecule has 0 aliphatic carbocycles. The molecule has 0 aliphatic heterocycles. The summed E-state index contributed by atoms with van der Waals surface area (Å²) in [4.78, 5) is 21.4. The van der Waals surface area contributed by atoms with Gasteiger partial charge < -0.3 is 0 Å². The van der Waals surface area contributed by atoms with Gasteiger partial charge in [-0.1, -0.05) is 0 Å². The van der Waals surface area contributed by atoms with Crippen LogP contribution in [0.5, 0.6) is 0 Å². The van der Waals surface area contributed by atoms with Crippen LogP contribution >= 0.6 is 0 Å². The number of nitrogens with zero attached hydrogens (tertiary/aromatic N) is 3. The number of amides is 1. The first-order valence-electron chi connectivity index (χ1n) is 5.24. The molecule has 0 atom stereocenters. The van der Waals surface area contributed by atoms with Crippen molar-refractivity contribution in [1.82, 2.24) is 15.6 Å². The van der Waals surface area contributed by atoms with Crippen molar-refractivity contribution >= 4 is 17.8 Å². The van der Waals surface area contributed by atoms with Crippen molar-refractivity contribution in [2.24, 2.45) is 5.10 Å². The molecule has 1 heterocycles. The molecule has 0 radical (unpaired) electrons. The lowest BCUT2D eigenvalue weighted by Gasteiger charge is -1.96. The number of H-pyrrole nitrogens is 1. The van der Waals surface area contributed by atoms with Crippen LogP contribution in [0.25, 0.3) is 0 Å². The molecule has 0 saturated heterocycles. The summed E-state index contributed by atoms with van der Waals surface area (Å²) in [6.45, 7) is 0. The van der Waals surface area contributed by atoms with Gasteiger partial charge in [0.15, 0.2) is 0 Å². The molecule has 0 saturated carbocycles. The first-order chi connectivity index (χ1) is 9.16. The summed E-state index contributed by atoms with van der Waals surface area (Å²) < 4.78 is 0. The van der Waals surface area contributed by atoms with Crippen molar-refractivity contribution in [3.8, 4) is 0 Å². The fourth-order valence-corrected chi connectivity index (χ4v) is 1.29. The van der Waals surface area contributed by atoms with E-state index in [-0.39, 0.29) is 5.69 Å². The quantitative estimate of drug-likeness (QED) is 0.485. The zero-order valence-electron chi connectivity index (χ0n) is 9.61. The molecular formula is C11H9N5O3. The molecule has 0 aliphatic rings. The lowest BCUT2D eigenvalue weighted by Crippen LogP contribution is -2.17. The van der Waals surface area contributed by atoms with Gasteiger partial charge in [0.05, 0.1) is 11.1 Å². The predicted molar refractivity (Wildman–Crippen MR) is 66.7 cm³/mol. The lowest BCUT2D eigenvalue weighted by atomic mass is 10.2.